The molecule has 0 saturated heterocycles. The van der Waals surface area contributed by atoms with Crippen molar-refractivity contribution in [1.82, 2.24) is 0 Å². The number of fused-ring (bicyclic) bond motifs is 1. The lowest BCUT2D eigenvalue weighted by atomic mass is 10.2. The van der Waals surface area contributed by atoms with Crippen LogP contribution in [0, 0.1) is 0 Å². The number of hydrogen-bond acceptors (Lipinski definition) is 4. The highest BCUT2D eigenvalue weighted by Gasteiger charge is 2.21. The highest BCUT2D eigenvalue weighted by molar-refractivity contribution is 7.98. The number of nitrogens with two attached hydrogens (primary N) is 1. The van der Waals surface area contributed by atoms with Gasteiger partial charge in [0.1, 0.15) is 0 Å². The molecular weight excluding hydrogens is 300 g/mol. The summed E-state index contributed by atoms with van der Waals surface area (Å²) in [5.74, 6) is 2.29. The average Bonchev–Trinajstić information content (AvgIpc) is 2.93. The molecule has 0 fully saturated rings. The molecule has 0 radical (unpaired) electrons. The fraction of sp³-hybridized carbons (Fsp3) is 0.312. The SMILES string of the molecule is CCN(C(=O)c1cc2c(s1)CCSC2)c1ccc(N)cc1. The van der Waals surface area contributed by atoms with Crippen LogP contribution in [0.4, 0.5) is 11.4 Å². The Bertz CT molecular complexity index is 625. The number of nitrogen functional groups attached to an aromatic ring is 1. The molecule has 1 amide bonds. The summed E-state index contributed by atoms with van der Waals surface area (Å²) in [7, 11) is 0. The van der Waals surface area contributed by atoms with Gasteiger partial charge in [-0.2, -0.15) is 11.8 Å². The molecule has 0 atom stereocenters. The largest absolute Gasteiger partial charge is 0.399 e. The highest BCUT2D eigenvalue weighted by atomic mass is 32.2. The van der Waals surface area contributed by atoms with Gasteiger partial charge < -0.3 is 10.6 Å². The zero-order valence-electron chi connectivity index (χ0n) is 12.0. The molecule has 3 rings (SSSR count). The molecule has 1 aromatic heterocycles. The van der Waals surface area contributed by atoms with Gasteiger partial charge in [-0.05, 0) is 55.0 Å². The van der Waals surface area contributed by atoms with Crippen molar-refractivity contribution < 1.29 is 4.79 Å². The number of amides is 1. The fourth-order valence-electron chi connectivity index (χ4n) is 2.48. The lowest BCUT2D eigenvalue weighted by molar-refractivity contribution is 0.0992. The molecule has 0 spiro atoms. The third-order valence-corrected chi connectivity index (χ3v) is 5.84. The minimum Gasteiger partial charge on any atom is -0.399 e. The summed E-state index contributed by atoms with van der Waals surface area (Å²) in [5, 5.41) is 0. The van der Waals surface area contributed by atoms with Crippen LogP contribution in [0.15, 0.2) is 30.3 Å². The lowest BCUT2D eigenvalue weighted by Gasteiger charge is -2.20. The Labute approximate surface area is 133 Å². The van der Waals surface area contributed by atoms with Gasteiger partial charge >= 0.3 is 0 Å². The van der Waals surface area contributed by atoms with E-state index in [2.05, 4.69) is 6.07 Å². The minimum absolute atomic E-state index is 0.0895. The average molecular weight is 318 g/mol. The molecule has 5 heteroatoms. The van der Waals surface area contributed by atoms with Crippen molar-refractivity contribution in [3.8, 4) is 0 Å². The Morgan fingerprint density at radius 2 is 2.10 bits per heavy atom. The van der Waals surface area contributed by atoms with Crippen LogP contribution in [0.5, 0.6) is 0 Å². The number of anilines is 2. The molecular formula is C16H18N2OS2. The van der Waals surface area contributed by atoms with E-state index in [0.717, 1.165) is 28.5 Å². The molecule has 21 heavy (non-hydrogen) atoms. The maximum atomic E-state index is 12.8. The first kappa shape index (κ1) is 14.5. The smallest absolute Gasteiger partial charge is 0.268 e. The number of nitrogens with zero attached hydrogens (tertiary/aromatic N) is 1. The molecule has 0 unspecified atom stereocenters. The van der Waals surface area contributed by atoms with Crippen LogP contribution in [0.25, 0.3) is 0 Å². The Kier molecular flexibility index (Phi) is 4.22. The molecule has 0 saturated carbocycles. The molecule has 0 bridgehead atoms. The molecule has 2 aromatic rings. The summed E-state index contributed by atoms with van der Waals surface area (Å²) in [6.45, 7) is 2.65. The summed E-state index contributed by atoms with van der Waals surface area (Å²) < 4.78 is 0. The second-order valence-corrected chi connectivity index (χ2v) is 7.24. The van der Waals surface area contributed by atoms with Crippen molar-refractivity contribution in [2.75, 3.05) is 22.9 Å². The van der Waals surface area contributed by atoms with E-state index in [9.17, 15) is 4.79 Å². The molecule has 110 valence electrons. The van der Waals surface area contributed by atoms with Gasteiger partial charge in [-0.25, -0.2) is 0 Å². The van der Waals surface area contributed by atoms with E-state index in [1.165, 1.54) is 10.4 Å². The first-order valence-electron chi connectivity index (χ1n) is 7.05. The van der Waals surface area contributed by atoms with Crippen LogP contribution in [0.1, 0.15) is 27.0 Å². The van der Waals surface area contributed by atoms with Gasteiger partial charge in [0.15, 0.2) is 0 Å². The summed E-state index contributed by atoms with van der Waals surface area (Å²) in [4.78, 5) is 16.8. The third kappa shape index (κ3) is 2.94. The number of rotatable bonds is 3. The van der Waals surface area contributed by atoms with Gasteiger partial charge in [-0.15, -0.1) is 11.3 Å². The van der Waals surface area contributed by atoms with Gasteiger partial charge in [-0.3, -0.25) is 4.79 Å². The van der Waals surface area contributed by atoms with Crippen molar-refractivity contribution in [2.24, 2.45) is 0 Å². The first-order valence-corrected chi connectivity index (χ1v) is 9.03. The number of benzene rings is 1. The quantitative estimate of drug-likeness (QED) is 0.876. The third-order valence-electron chi connectivity index (χ3n) is 3.60. The highest BCUT2D eigenvalue weighted by Crippen LogP contribution is 2.33. The van der Waals surface area contributed by atoms with Crippen LogP contribution in [0.3, 0.4) is 0 Å². The number of aryl methyl sites for hydroxylation is 1. The van der Waals surface area contributed by atoms with Crippen molar-refractivity contribution in [1.29, 1.82) is 0 Å². The van der Waals surface area contributed by atoms with E-state index >= 15 is 0 Å². The zero-order chi connectivity index (χ0) is 14.8. The van der Waals surface area contributed by atoms with E-state index in [4.69, 9.17) is 5.73 Å². The summed E-state index contributed by atoms with van der Waals surface area (Å²) in [5.41, 5.74) is 8.67. The van der Waals surface area contributed by atoms with Crippen LogP contribution in [-0.2, 0) is 12.2 Å². The topological polar surface area (TPSA) is 46.3 Å². The predicted octanol–water partition coefficient (Wildman–Crippen LogP) is 3.79. The second kappa shape index (κ2) is 6.12. The van der Waals surface area contributed by atoms with Crippen LogP contribution in [0.2, 0.25) is 0 Å². The van der Waals surface area contributed by atoms with Crippen molar-refractivity contribution in [2.45, 2.75) is 19.1 Å². The fourth-order valence-corrected chi connectivity index (χ4v) is 4.80. The number of thioether (sulfide) groups is 1. The van der Waals surface area contributed by atoms with Crippen LogP contribution in [-0.4, -0.2) is 18.2 Å². The predicted molar refractivity (Wildman–Crippen MR) is 92.4 cm³/mol. The first-order chi connectivity index (χ1) is 10.2. The lowest BCUT2D eigenvalue weighted by Crippen LogP contribution is -2.29. The number of thiophene rings is 1. The van der Waals surface area contributed by atoms with E-state index < -0.39 is 0 Å². The Balaban J connectivity index is 1.88. The van der Waals surface area contributed by atoms with E-state index in [0.29, 0.717) is 12.2 Å². The van der Waals surface area contributed by atoms with Crippen LogP contribution >= 0.6 is 23.1 Å². The van der Waals surface area contributed by atoms with E-state index in [1.54, 1.807) is 11.3 Å². The van der Waals surface area contributed by atoms with Crippen molar-refractivity contribution in [3.05, 3.63) is 45.6 Å². The maximum absolute atomic E-state index is 12.8. The Hall–Kier alpha value is -1.46. The number of carbonyl (C=O) groups excluding carboxylic acids is 1. The summed E-state index contributed by atoms with van der Waals surface area (Å²) >= 11 is 3.60. The minimum atomic E-state index is 0.0895. The molecule has 1 aliphatic heterocycles. The molecule has 2 N–H and O–H groups in total. The molecule has 3 nitrogen and oxygen atoms in total. The van der Waals surface area contributed by atoms with Crippen LogP contribution < -0.4 is 10.6 Å². The molecule has 0 aliphatic carbocycles. The van der Waals surface area contributed by atoms with Gasteiger partial charge in [0.25, 0.3) is 5.91 Å². The van der Waals surface area contributed by atoms with Gasteiger partial charge in [0.05, 0.1) is 4.88 Å². The summed E-state index contributed by atoms with van der Waals surface area (Å²) in [6.07, 6.45) is 1.09. The van der Waals surface area contributed by atoms with Gasteiger partial charge in [0, 0.05) is 28.5 Å². The van der Waals surface area contributed by atoms with Crippen molar-refractivity contribution in [3.63, 3.8) is 0 Å². The molecule has 2 heterocycles. The molecule has 1 aliphatic rings. The zero-order valence-corrected chi connectivity index (χ0v) is 13.6. The summed E-state index contributed by atoms with van der Waals surface area (Å²) in [6, 6.07) is 9.55. The molecule has 1 aromatic carbocycles. The standard InChI is InChI=1S/C16H18N2OS2/c1-2-18(13-5-3-12(17)4-6-13)16(19)15-9-11-10-20-8-7-14(11)21-15/h3-6,9H,2,7-8,10,17H2,1H3. The maximum Gasteiger partial charge on any atom is 0.268 e. The number of carbonyl (C=O) groups is 1. The Morgan fingerprint density at radius 3 is 2.76 bits per heavy atom. The van der Waals surface area contributed by atoms with Gasteiger partial charge in [0.2, 0.25) is 0 Å². The monoisotopic (exact) mass is 318 g/mol. The van der Waals surface area contributed by atoms with E-state index in [-0.39, 0.29) is 5.91 Å². The Morgan fingerprint density at radius 1 is 1.33 bits per heavy atom. The normalized spacial score (nSPS) is 13.8. The second-order valence-electron chi connectivity index (χ2n) is 5.00. The van der Waals surface area contributed by atoms with Crippen molar-refractivity contribution >= 4 is 40.4 Å². The van der Waals surface area contributed by atoms with Gasteiger partial charge in [-0.1, -0.05) is 0 Å². The number of hydrogen-bond donors (Lipinski definition) is 1. The van der Waals surface area contributed by atoms with E-state index in [1.807, 2.05) is 47.9 Å².